The lowest BCUT2D eigenvalue weighted by molar-refractivity contribution is -0.115. The van der Waals surface area contributed by atoms with Crippen molar-refractivity contribution in [2.75, 3.05) is 5.32 Å². The maximum atomic E-state index is 12.6. The number of rotatable bonds is 4. The molecule has 0 spiro atoms. The number of nitrogens with one attached hydrogen (secondary N) is 3. The van der Waals surface area contributed by atoms with E-state index in [9.17, 15) is 18.0 Å². The third-order valence-electron chi connectivity index (χ3n) is 4.63. The Morgan fingerprint density at radius 2 is 1.93 bits per heavy atom. The van der Waals surface area contributed by atoms with E-state index < -0.39 is 10.0 Å². The van der Waals surface area contributed by atoms with Gasteiger partial charge in [-0.2, -0.15) is 0 Å². The van der Waals surface area contributed by atoms with Crippen LogP contribution in [0.3, 0.4) is 0 Å². The number of carbonyl (C=O) groups excluding carboxylic acids is 1. The first-order valence-corrected chi connectivity index (χ1v) is 9.86. The average molecular weight is 383 g/mol. The average Bonchev–Trinajstić information content (AvgIpc) is 3.00. The molecular weight excluding hydrogens is 366 g/mol. The monoisotopic (exact) mass is 383 g/mol. The highest BCUT2D eigenvalue weighted by Crippen LogP contribution is 2.25. The summed E-state index contributed by atoms with van der Waals surface area (Å²) < 4.78 is 27.6. The molecule has 8 heteroatoms. The van der Waals surface area contributed by atoms with Gasteiger partial charge in [0, 0.05) is 17.8 Å². The number of aromatic nitrogens is 1. The van der Waals surface area contributed by atoms with Gasteiger partial charge in [-0.3, -0.25) is 9.59 Å². The minimum absolute atomic E-state index is 0.0609. The lowest BCUT2D eigenvalue weighted by atomic mass is 10.1. The molecule has 0 aliphatic carbocycles. The molecule has 1 aliphatic heterocycles. The van der Waals surface area contributed by atoms with E-state index in [1.165, 1.54) is 12.1 Å². The molecule has 2 aromatic carbocycles. The molecule has 1 aromatic heterocycles. The summed E-state index contributed by atoms with van der Waals surface area (Å²) in [5, 5.41) is 3.50. The summed E-state index contributed by atoms with van der Waals surface area (Å²) >= 11 is 0. The number of anilines is 1. The number of carbonyl (C=O) groups is 1. The van der Waals surface area contributed by atoms with Crippen molar-refractivity contribution in [2.45, 2.75) is 24.8 Å². The lowest BCUT2D eigenvalue weighted by Gasteiger charge is -2.09. The number of hydrogen-bond donors (Lipinski definition) is 3. The van der Waals surface area contributed by atoms with Gasteiger partial charge >= 0.3 is 0 Å². The molecule has 7 nitrogen and oxygen atoms in total. The summed E-state index contributed by atoms with van der Waals surface area (Å²) in [6, 6.07) is 11.8. The SMILES string of the molecule is Cc1cccc2cc(CNS(=O)(=O)c3ccc4c(c3)CC(=O)N4)c(=O)[nH]c12. The van der Waals surface area contributed by atoms with Gasteiger partial charge < -0.3 is 10.3 Å². The molecule has 3 aromatic rings. The van der Waals surface area contributed by atoms with Crippen molar-refractivity contribution in [3.05, 3.63) is 69.5 Å². The first kappa shape index (κ1) is 17.4. The van der Waals surface area contributed by atoms with Gasteiger partial charge in [0.25, 0.3) is 5.56 Å². The fraction of sp³-hybridized carbons (Fsp3) is 0.158. The second kappa shape index (κ2) is 6.33. The van der Waals surface area contributed by atoms with E-state index in [0.29, 0.717) is 16.8 Å². The van der Waals surface area contributed by atoms with Crippen molar-refractivity contribution in [2.24, 2.45) is 0 Å². The molecule has 0 fully saturated rings. The fourth-order valence-electron chi connectivity index (χ4n) is 3.19. The number of hydrogen-bond acceptors (Lipinski definition) is 4. The number of sulfonamides is 1. The van der Waals surface area contributed by atoms with Gasteiger partial charge in [-0.25, -0.2) is 13.1 Å². The normalized spacial score (nSPS) is 13.6. The van der Waals surface area contributed by atoms with E-state index in [0.717, 1.165) is 16.5 Å². The molecule has 0 bridgehead atoms. The summed E-state index contributed by atoms with van der Waals surface area (Å²) in [5.41, 5.74) is 2.95. The highest BCUT2D eigenvalue weighted by Gasteiger charge is 2.22. The summed E-state index contributed by atoms with van der Waals surface area (Å²) in [7, 11) is -3.82. The van der Waals surface area contributed by atoms with Crippen LogP contribution in [0.15, 0.2) is 52.2 Å². The van der Waals surface area contributed by atoms with Gasteiger partial charge in [-0.1, -0.05) is 18.2 Å². The Labute approximate surface area is 155 Å². The van der Waals surface area contributed by atoms with Crippen molar-refractivity contribution in [1.82, 2.24) is 9.71 Å². The van der Waals surface area contributed by atoms with Crippen molar-refractivity contribution in [3.8, 4) is 0 Å². The van der Waals surface area contributed by atoms with Crippen LogP contribution in [-0.2, 0) is 27.8 Å². The molecule has 0 atom stereocenters. The molecule has 0 saturated heterocycles. The van der Waals surface area contributed by atoms with Gasteiger partial charge in [0.15, 0.2) is 0 Å². The number of aryl methyl sites for hydroxylation is 1. The van der Waals surface area contributed by atoms with Gasteiger partial charge in [0.2, 0.25) is 15.9 Å². The van der Waals surface area contributed by atoms with Crippen molar-refractivity contribution < 1.29 is 13.2 Å². The van der Waals surface area contributed by atoms with Crippen LogP contribution in [0.25, 0.3) is 10.9 Å². The van der Waals surface area contributed by atoms with Crippen LogP contribution in [0.1, 0.15) is 16.7 Å². The third kappa shape index (κ3) is 3.24. The molecule has 138 valence electrons. The van der Waals surface area contributed by atoms with Gasteiger partial charge in [-0.05, 0) is 47.7 Å². The third-order valence-corrected chi connectivity index (χ3v) is 6.03. The number of amides is 1. The molecule has 4 rings (SSSR count). The van der Waals surface area contributed by atoms with Gasteiger partial charge in [0.05, 0.1) is 16.8 Å². The molecule has 0 saturated carbocycles. The maximum Gasteiger partial charge on any atom is 0.252 e. The van der Waals surface area contributed by atoms with Crippen LogP contribution in [0.2, 0.25) is 0 Å². The fourth-order valence-corrected chi connectivity index (χ4v) is 4.25. The summed E-state index contributed by atoms with van der Waals surface area (Å²) in [6.45, 7) is 1.77. The molecule has 3 N–H and O–H groups in total. The molecule has 27 heavy (non-hydrogen) atoms. The highest BCUT2D eigenvalue weighted by molar-refractivity contribution is 7.89. The molecule has 0 radical (unpaired) electrons. The quantitative estimate of drug-likeness (QED) is 0.638. The zero-order valence-electron chi connectivity index (χ0n) is 14.5. The number of benzene rings is 2. The Kier molecular flexibility index (Phi) is 4.09. The van der Waals surface area contributed by atoms with Crippen LogP contribution in [0, 0.1) is 6.92 Å². The molecule has 2 heterocycles. The van der Waals surface area contributed by atoms with E-state index >= 15 is 0 Å². The Morgan fingerprint density at radius 3 is 2.74 bits per heavy atom. The Balaban J connectivity index is 1.61. The standard InChI is InChI=1S/C19H17N3O4S/c1-11-3-2-4-12-7-14(19(24)22-18(11)12)10-20-27(25,26)15-5-6-16-13(8-15)9-17(23)21-16/h2-8,20H,9-10H2,1H3,(H,21,23)(H,22,24). The van der Waals surface area contributed by atoms with Crippen molar-refractivity contribution >= 4 is 32.5 Å². The number of pyridine rings is 1. The molecule has 1 amide bonds. The Bertz CT molecular complexity index is 1250. The van der Waals surface area contributed by atoms with Crippen LogP contribution < -0.4 is 15.6 Å². The van der Waals surface area contributed by atoms with E-state index in [-0.39, 0.29) is 29.3 Å². The van der Waals surface area contributed by atoms with Gasteiger partial charge in [-0.15, -0.1) is 0 Å². The second-order valence-corrected chi connectivity index (χ2v) is 8.30. The number of fused-ring (bicyclic) bond motifs is 2. The van der Waals surface area contributed by atoms with Gasteiger partial charge in [0.1, 0.15) is 0 Å². The summed E-state index contributed by atoms with van der Waals surface area (Å²) in [5.74, 6) is -0.162. The van der Waals surface area contributed by atoms with Crippen LogP contribution in [-0.4, -0.2) is 19.3 Å². The molecule has 1 aliphatic rings. The topological polar surface area (TPSA) is 108 Å². The molecular formula is C19H17N3O4S. The first-order valence-electron chi connectivity index (χ1n) is 8.37. The Morgan fingerprint density at radius 1 is 1.11 bits per heavy atom. The highest BCUT2D eigenvalue weighted by atomic mass is 32.2. The second-order valence-electron chi connectivity index (χ2n) is 6.53. The largest absolute Gasteiger partial charge is 0.326 e. The maximum absolute atomic E-state index is 12.6. The van der Waals surface area contributed by atoms with Crippen molar-refractivity contribution in [1.29, 1.82) is 0 Å². The Hall–Kier alpha value is -2.97. The lowest BCUT2D eigenvalue weighted by Crippen LogP contribution is -2.27. The van der Waals surface area contributed by atoms with Crippen LogP contribution >= 0.6 is 0 Å². The minimum atomic E-state index is -3.82. The van der Waals surface area contributed by atoms with Crippen LogP contribution in [0.4, 0.5) is 5.69 Å². The smallest absolute Gasteiger partial charge is 0.252 e. The minimum Gasteiger partial charge on any atom is -0.326 e. The van der Waals surface area contributed by atoms with Crippen LogP contribution in [0.5, 0.6) is 0 Å². The van der Waals surface area contributed by atoms with E-state index in [2.05, 4.69) is 15.0 Å². The number of aromatic amines is 1. The predicted molar refractivity (Wildman–Crippen MR) is 102 cm³/mol. The van der Waals surface area contributed by atoms with E-state index in [4.69, 9.17) is 0 Å². The zero-order valence-corrected chi connectivity index (χ0v) is 15.3. The number of H-pyrrole nitrogens is 1. The van der Waals surface area contributed by atoms with E-state index in [1.54, 1.807) is 12.1 Å². The van der Waals surface area contributed by atoms with E-state index in [1.807, 2.05) is 25.1 Å². The number of para-hydroxylation sites is 1. The first-order chi connectivity index (χ1) is 12.8. The predicted octanol–water partition coefficient (Wildman–Crippen LogP) is 1.81. The zero-order chi connectivity index (χ0) is 19.2. The molecule has 0 unspecified atom stereocenters. The summed E-state index contributed by atoms with van der Waals surface area (Å²) in [4.78, 5) is 26.6. The van der Waals surface area contributed by atoms with Crippen molar-refractivity contribution in [3.63, 3.8) is 0 Å². The summed E-state index contributed by atoms with van der Waals surface area (Å²) in [6.07, 6.45) is 0.155.